The summed E-state index contributed by atoms with van der Waals surface area (Å²) >= 11 is 0. The van der Waals surface area contributed by atoms with E-state index >= 15 is 0 Å². The van der Waals surface area contributed by atoms with E-state index in [1.807, 2.05) is 32.9 Å². The van der Waals surface area contributed by atoms with Gasteiger partial charge in [0.1, 0.15) is 0 Å². The number of anilines is 1. The van der Waals surface area contributed by atoms with E-state index in [0.717, 1.165) is 5.56 Å². The molecule has 5 heteroatoms. The third kappa shape index (κ3) is 5.51. The molecule has 0 saturated heterocycles. The van der Waals surface area contributed by atoms with Crippen LogP contribution in [-0.4, -0.2) is 14.2 Å². The largest absolute Gasteiger partial charge is 0.326 e. The molecule has 0 heterocycles. The minimum absolute atomic E-state index is 0.0121. The molecular weight excluding hydrogens is 248 g/mol. The third-order valence-electron chi connectivity index (χ3n) is 2.58. The standard InChI is InChI=1S/C13H22N2O2S/c1-13(2,3)8-9-18(16,17)15-12-6-4-11(10-14)5-7-12/h4-7,15H,8-10,14H2,1-3H3. The third-order valence-corrected chi connectivity index (χ3v) is 3.87. The van der Waals surface area contributed by atoms with Gasteiger partial charge in [-0.05, 0) is 29.5 Å². The van der Waals surface area contributed by atoms with Crippen LogP contribution in [0.4, 0.5) is 5.69 Å². The molecule has 18 heavy (non-hydrogen) atoms. The summed E-state index contributed by atoms with van der Waals surface area (Å²) in [4.78, 5) is 0. The molecule has 0 radical (unpaired) electrons. The summed E-state index contributed by atoms with van der Waals surface area (Å²) < 4.78 is 26.3. The van der Waals surface area contributed by atoms with Crippen molar-refractivity contribution in [1.29, 1.82) is 0 Å². The van der Waals surface area contributed by atoms with Gasteiger partial charge < -0.3 is 5.73 Å². The van der Waals surface area contributed by atoms with Crippen LogP contribution in [0.15, 0.2) is 24.3 Å². The van der Waals surface area contributed by atoms with Crippen molar-refractivity contribution in [3.05, 3.63) is 29.8 Å². The molecule has 0 fully saturated rings. The summed E-state index contributed by atoms with van der Waals surface area (Å²) in [5, 5.41) is 0. The van der Waals surface area contributed by atoms with E-state index in [9.17, 15) is 8.42 Å². The highest BCUT2D eigenvalue weighted by Gasteiger charge is 2.17. The van der Waals surface area contributed by atoms with Gasteiger partial charge in [0.15, 0.2) is 0 Å². The van der Waals surface area contributed by atoms with E-state index in [2.05, 4.69) is 4.72 Å². The minimum atomic E-state index is -3.27. The summed E-state index contributed by atoms with van der Waals surface area (Å²) in [5.41, 5.74) is 7.06. The van der Waals surface area contributed by atoms with Gasteiger partial charge in [0, 0.05) is 12.2 Å². The Morgan fingerprint density at radius 3 is 2.17 bits per heavy atom. The van der Waals surface area contributed by atoms with Gasteiger partial charge in [-0.2, -0.15) is 0 Å². The molecule has 0 saturated carbocycles. The molecule has 1 rings (SSSR count). The number of sulfonamides is 1. The second kappa shape index (κ2) is 5.71. The predicted octanol–water partition coefficient (Wildman–Crippen LogP) is 2.32. The van der Waals surface area contributed by atoms with Crippen LogP contribution in [0.3, 0.4) is 0 Å². The van der Waals surface area contributed by atoms with Gasteiger partial charge in [0.2, 0.25) is 10.0 Å². The molecular formula is C13H22N2O2S. The van der Waals surface area contributed by atoms with Gasteiger partial charge in [0.05, 0.1) is 5.75 Å². The van der Waals surface area contributed by atoms with Crippen molar-refractivity contribution in [2.75, 3.05) is 10.5 Å². The molecule has 0 aliphatic rings. The van der Waals surface area contributed by atoms with Gasteiger partial charge in [-0.25, -0.2) is 8.42 Å². The number of benzene rings is 1. The molecule has 0 atom stereocenters. The highest BCUT2D eigenvalue weighted by Crippen LogP contribution is 2.20. The Bertz CT molecular complexity index is 473. The molecule has 0 bridgehead atoms. The van der Waals surface area contributed by atoms with Gasteiger partial charge in [-0.1, -0.05) is 32.9 Å². The Morgan fingerprint density at radius 2 is 1.72 bits per heavy atom. The van der Waals surface area contributed by atoms with Crippen LogP contribution >= 0.6 is 0 Å². The predicted molar refractivity (Wildman–Crippen MR) is 75.8 cm³/mol. The number of nitrogens with two attached hydrogens (primary N) is 1. The van der Waals surface area contributed by atoms with Crippen molar-refractivity contribution in [1.82, 2.24) is 0 Å². The van der Waals surface area contributed by atoms with E-state index in [4.69, 9.17) is 5.73 Å². The Morgan fingerprint density at radius 1 is 1.17 bits per heavy atom. The van der Waals surface area contributed by atoms with Gasteiger partial charge in [0.25, 0.3) is 0 Å². The van der Waals surface area contributed by atoms with Crippen LogP contribution < -0.4 is 10.5 Å². The molecule has 0 aromatic heterocycles. The lowest BCUT2D eigenvalue weighted by atomic mass is 9.94. The summed E-state index contributed by atoms with van der Waals surface area (Å²) in [7, 11) is -3.27. The Hall–Kier alpha value is -1.07. The molecule has 1 aromatic carbocycles. The smallest absolute Gasteiger partial charge is 0.232 e. The number of hydrogen-bond donors (Lipinski definition) is 2. The maximum absolute atomic E-state index is 11.9. The zero-order valence-electron chi connectivity index (χ0n) is 11.2. The molecule has 4 nitrogen and oxygen atoms in total. The SMILES string of the molecule is CC(C)(C)CCS(=O)(=O)Nc1ccc(CN)cc1. The average molecular weight is 270 g/mol. The zero-order chi connectivity index (χ0) is 13.8. The van der Waals surface area contributed by atoms with Crippen LogP contribution in [0.25, 0.3) is 0 Å². The fourth-order valence-corrected chi connectivity index (χ4v) is 2.86. The summed E-state index contributed by atoms with van der Waals surface area (Å²) in [6.45, 7) is 6.53. The first-order valence-corrected chi connectivity index (χ1v) is 7.67. The van der Waals surface area contributed by atoms with Gasteiger partial charge in [-0.15, -0.1) is 0 Å². The maximum atomic E-state index is 11.9. The number of rotatable bonds is 5. The second-order valence-corrected chi connectivity index (χ2v) is 7.47. The van der Waals surface area contributed by atoms with Crippen LogP contribution in [0.5, 0.6) is 0 Å². The van der Waals surface area contributed by atoms with Gasteiger partial charge >= 0.3 is 0 Å². The monoisotopic (exact) mass is 270 g/mol. The summed E-state index contributed by atoms with van der Waals surface area (Å²) in [6, 6.07) is 7.11. The molecule has 0 aliphatic carbocycles. The molecule has 3 N–H and O–H groups in total. The van der Waals surface area contributed by atoms with Crippen molar-refractivity contribution in [2.45, 2.75) is 33.7 Å². The van der Waals surface area contributed by atoms with Gasteiger partial charge in [-0.3, -0.25) is 4.72 Å². The minimum Gasteiger partial charge on any atom is -0.326 e. The zero-order valence-corrected chi connectivity index (χ0v) is 12.0. The number of nitrogens with one attached hydrogen (secondary N) is 1. The molecule has 102 valence electrons. The molecule has 1 aromatic rings. The average Bonchev–Trinajstić information content (AvgIpc) is 2.26. The van der Waals surface area contributed by atoms with E-state index in [-0.39, 0.29) is 11.2 Å². The maximum Gasteiger partial charge on any atom is 0.232 e. The number of hydrogen-bond acceptors (Lipinski definition) is 3. The molecule has 0 amide bonds. The topological polar surface area (TPSA) is 72.2 Å². The lowest BCUT2D eigenvalue weighted by Gasteiger charge is -2.18. The molecule has 0 spiro atoms. The summed E-state index contributed by atoms with van der Waals surface area (Å²) in [5.74, 6) is 0.134. The Balaban J connectivity index is 2.64. The molecule has 0 unspecified atom stereocenters. The summed E-state index contributed by atoms with van der Waals surface area (Å²) in [6.07, 6.45) is 0.628. The van der Waals surface area contributed by atoms with E-state index in [1.165, 1.54) is 0 Å². The highest BCUT2D eigenvalue weighted by atomic mass is 32.2. The van der Waals surface area contributed by atoms with Crippen molar-refractivity contribution in [3.8, 4) is 0 Å². The van der Waals surface area contributed by atoms with Crippen molar-refractivity contribution >= 4 is 15.7 Å². The normalized spacial score (nSPS) is 12.4. The first-order chi connectivity index (χ1) is 8.22. The first kappa shape index (κ1) is 15.0. The van der Waals surface area contributed by atoms with Crippen molar-refractivity contribution in [3.63, 3.8) is 0 Å². The Labute approximate surface area is 110 Å². The first-order valence-electron chi connectivity index (χ1n) is 6.01. The van der Waals surface area contributed by atoms with Crippen molar-refractivity contribution in [2.24, 2.45) is 11.1 Å². The lowest BCUT2D eigenvalue weighted by molar-refractivity contribution is 0.397. The van der Waals surface area contributed by atoms with E-state index in [0.29, 0.717) is 18.7 Å². The molecule has 0 aliphatic heterocycles. The second-order valence-electron chi connectivity index (χ2n) is 5.63. The fourth-order valence-electron chi connectivity index (χ4n) is 1.38. The highest BCUT2D eigenvalue weighted by molar-refractivity contribution is 7.92. The van der Waals surface area contributed by atoms with Crippen LogP contribution in [0, 0.1) is 5.41 Å². The van der Waals surface area contributed by atoms with Crippen molar-refractivity contribution < 1.29 is 8.42 Å². The fraction of sp³-hybridized carbons (Fsp3) is 0.538. The van der Waals surface area contributed by atoms with Crippen LogP contribution in [-0.2, 0) is 16.6 Å². The Kier molecular flexibility index (Phi) is 4.76. The van der Waals surface area contributed by atoms with E-state index in [1.54, 1.807) is 12.1 Å². The quantitative estimate of drug-likeness (QED) is 0.862. The van der Waals surface area contributed by atoms with Crippen LogP contribution in [0.2, 0.25) is 0 Å². The lowest BCUT2D eigenvalue weighted by Crippen LogP contribution is -2.20. The van der Waals surface area contributed by atoms with Crippen LogP contribution in [0.1, 0.15) is 32.8 Å². The van der Waals surface area contributed by atoms with E-state index < -0.39 is 10.0 Å².